The van der Waals surface area contributed by atoms with Crippen LogP contribution in [0.5, 0.6) is 0 Å². The molecule has 2 fully saturated rings. The van der Waals surface area contributed by atoms with Crippen LogP contribution >= 0.6 is 0 Å². The molecule has 28 heavy (non-hydrogen) atoms. The normalized spacial score (nSPS) is 31.2. The molecule has 0 amide bonds. The number of rotatable bonds is 10. The Hall–Kier alpha value is -0.263. The second-order valence-corrected chi connectivity index (χ2v) is 15.0. The van der Waals surface area contributed by atoms with Crippen molar-refractivity contribution in [2.45, 2.75) is 90.5 Å². The van der Waals surface area contributed by atoms with Gasteiger partial charge in [0.2, 0.25) is 0 Å². The molecule has 0 aromatic carbocycles. The third-order valence-corrected chi connectivity index (χ3v) is 8.43. The number of hydrogen-bond donors (Lipinski definition) is 1. The summed E-state index contributed by atoms with van der Waals surface area (Å²) in [4.78, 5) is 0. The fourth-order valence-corrected chi connectivity index (χ4v) is 7.76. The molecule has 2 aliphatic rings. The van der Waals surface area contributed by atoms with Gasteiger partial charge in [0.25, 0.3) is 0 Å². The van der Waals surface area contributed by atoms with Gasteiger partial charge >= 0.3 is 0 Å². The Morgan fingerprint density at radius 1 is 1.29 bits per heavy atom. The molecule has 2 nitrogen and oxygen atoms in total. The van der Waals surface area contributed by atoms with Crippen molar-refractivity contribution in [2.24, 2.45) is 23.2 Å². The van der Waals surface area contributed by atoms with E-state index in [0.29, 0.717) is 29.6 Å². The summed E-state index contributed by atoms with van der Waals surface area (Å²) in [6.07, 6.45) is 10.4. The molecular weight excluding hydrogens is 374 g/mol. The first kappa shape index (κ1) is 24.0. The van der Waals surface area contributed by atoms with Crippen LogP contribution in [0.15, 0.2) is 11.6 Å². The number of allylic oxidation sites excluding steroid dienone is 1. The van der Waals surface area contributed by atoms with E-state index in [2.05, 4.69) is 13.8 Å². The summed E-state index contributed by atoms with van der Waals surface area (Å²) in [5, 5.41) is 9.37. The van der Waals surface area contributed by atoms with Crippen LogP contribution in [0.1, 0.15) is 65.2 Å². The van der Waals surface area contributed by atoms with E-state index >= 15 is 0 Å². The van der Waals surface area contributed by atoms with Gasteiger partial charge in [0, 0.05) is 0 Å². The SMILES string of the molecule is C[C@H](CCCC(CF)(CF)O[Si](C)(C)C)[C@H]1CC[C@H]2/C(=C/CO)CCC[C@]12C. The van der Waals surface area contributed by atoms with Crippen molar-refractivity contribution in [1.82, 2.24) is 0 Å². The number of halogens is 2. The number of fused-ring (bicyclic) bond motifs is 1. The van der Waals surface area contributed by atoms with E-state index in [1.54, 1.807) is 0 Å². The number of aliphatic hydroxyl groups excluding tert-OH is 1. The summed E-state index contributed by atoms with van der Waals surface area (Å²) in [5.41, 5.74) is 0.544. The fraction of sp³-hybridized carbons (Fsp3) is 0.913. The highest BCUT2D eigenvalue weighted by Crippen LogP contribution is 2.59. The predicted octanol–water partition coefficient (Wildman–Crippen LogP) is 6.46. The van der Waals surface area contributed by atoms with Crippen molar-refractivity contribution in [3.05, 3.63) is 11.6 Å². The lowest BCUT2D eigenvalue weighted by Gasteiger charge is -2.44. The zero-order valence-electron chi connectivity index (χ0n) is 18.7. The van der Waals surface area contributed by atoms with Crippen LogP contribution in [-0.4, -0.2) is 39.0 Å². The van der Waals surface area contributed by atoms with Gasteiger partial charge < -0.3 is 9.53 Å². The Labute approximate surface area is 172 Å². The summed E-state index contributed by atoms with van der Waals surface area (Å²) in [6, 6.07) is 0. The lowest BCUT2D eigenvalue weighted by molar-refractivity contribution is -0.000904. The molecular formula is C23H42F2O2Si. The molecule has 5 heteroatoms. The average molecular weight is 417 g/mol. The first-order valence-electron chi connectivity index (χ1n) is 11.2. The molecule has 164 valence electrons. The highest BCUT2D eigenvalue weighted by molar-refractivity contribution is 6.69. The van der Waals surface area contributed by atoms with Gasteiger partial charge in [-0.2, -0.15) is 0 Å². The summed E-state index contributed by atoms with van der Waals surface area (Å²) in [5.74, 6) is 1.81. The summed E-state index contributed by atoms with van der Waals surface area (Å²) in [7, 11) is -1.99. The lowest BCUT2D eigenvalue weighted by atomic mass is 9.60. The van der Waals surface area contributed by atoms with Crippen LogP contribution in [0.2, 0.25) is 19.6 Å². The molecule has 0 aliphatic heterocycles. The third-order valence-electron chi connectivity index (χ3n) is 7.38. The molecule has 2 rings (SSSR count). The minimum absolute atomic E-state index is 0.147. The van der Waals surface area contributed by atoms with Crippen LogP contribution in [-0.2, 0) is 4.43 Å². The number of aliphatic hydroxyl groups is 1. The highest BCUT2D eigenvalue weighted by atomic mass is 28.4. The quantitative estimate of drug-likeness (QED) is 0.327. The Bertz CT molecular complexity index is 527. The van der Waals surface area contributed by atoms with Crippen LogP contribution in [0, 0.1) is 23.2 Å². The number of alkyl halides is 2. The fourth-order valence-electron chi connectivity index (χ4n) is 6.25. The van der Waals surface area contributed by atoms with E-state index in [9.17, 15) is 13.9 Å². The van der Waals surface area contributed by atoms with Crippen molar-refractivity contribution >= 4 is 8.32 Å². The van der Waals surface area contributed by atoms with Gasteiger partial charge in [-0.1, -0.05) is 38.3 Å². The van der Waals surface area contributed by atoms with Crippen molar-refractivity contribution in [1.29, 1.82) is 0 Å². The Kier molecular flexibility index (Phi) is 8.31. The number of hydrogen-bond acceptors (Lipinski definition) is 2. The molecule has 0 radical (unpaired) electrons. The second-order valence-electron chi connectivity index (χ2n) is 10.6. The van der Waals surface area contributed by atoms with Gasteiger partial charge in [-0.15, -0.1) is 0 Å². The molecule has 2 aliphatic carbocycles. The standard InChI is InChI=1S/C23H42F2O2Si/c1-18(8-6-14-23(16-24,17-25)27-28(3,4)5)20-10-11-21-19(12-15-26)9-7-13-22(20,21)2/h12,18,20-21,26H,6-11,13-17H2,1-5H3/b19-12+/t18-,20-,21+,22-/m1/s1. The van der Waals surface area contributed by atoms with E-state index < -0.39 is 27.3 Å². The first-order valence-corrected chi connectivity index (χ1v) is 14.6. The van der Waals surface area contributed by atoms with Crippen molar-refractivity contribution in [3.63, 3.8) is 0 Å². The van der Waals surface area contributed by atoms with Crippen molar-refractivity contribution < 1.29 is 18.3 Å². The van der Waals surface area contributed by atoms with Gasteiger partial charge in [0.1, 0.15) is 19.0 Å². The summed E-state index contributed by atoms with van der Waals surface area (Å²) < 4.78 is 33.3. The van der Waals surface area contributed by atoms with Crippen LogP contribution in [0.25, 0.3) is 0 Å². The third kappa shape index (κ3) is 5.45. The van der Waals surface area contributed by atoms with E-state index in [0.717, 1.165) is 19.3 Å². The van der Waals surface area contributed by atoms with Crippen LogP contribution in [0.4, 0.5) is 8.78 Å². The zero-order chi connectivity index (χ0) is 21.0. The Morgan fingerprint density at radius 2 is 1.96 bits per heavy atom. The molecule has 4 atom stereocenters. The molecule has 0 spiro atoms. The smallest absolute Gasteiger partial charge is 0.184 e. The van der Waals surface area contributed by atoms with Gasteiger partial charge in [0.05, 0.1) is 6.61 Å². The van der Waals surface area contributed by atoms with Gasteiger partial charge in [-0.3, -0.25) is 0 Å². The minimum Gasteiger partial charge on any atom is -0.407 e. The summed E-state index contributed by atoms with van der Waals surface area (Å²) in [6.45, 7) is 9.43. The molecule has 0 bridgehead atoms. The molecule has 2 saturated carbocycles. The average Bonchev–Trinajstić information content (AvgIpc) is 2.98. The molecule has 0 aromatic heterocycles. The van der Waals surface area contributed by atoms with Crippen molar-refractivity contribution in [2.75, 3.05) is 20.0 Å². The molecule has 1 N–H and O–H groups in total. The van der Waals surface area contributed by atoms with E-state index in [1.165, 1.54) is 31.3 Å². The lowest BCUT2D eigenvalue weighted by Crippen LogP contribution is -2.46. The molecule has 0 aromatic rings. The topological polar surface area (TPSA) is 29.5 Å². The maximum Gasteiger partial charge on any atom is 0.184 e. The molecule has 0 unspecified atom stereocenters. The largest absolute Gasteiger partial charge is 0.407 e. The maximum atomic E-state index is 13.7. The van der Waals surface area contributed by atoms with E-state index in [1.807, 2.05) is 25.7 Å². The van der Waals surface area contributed by atoms with Crippen molar-refractivity contribution in [3.8, 4) is 0 Å². The Balaban J connectivity index is 1.97. The zero-order valence-corrected chi connectivity index (χ0v) is 19.7. The van der Waals surface area contributed by atoms with E-state index in [-0.39, 0.29) is 6.61 Å². The predicted molar refractivity (Wildman–Crippen MR) is 115 cm³/mol. The molecule has 0 heterocycles. The molecule has 0 saturated heterocycles. The minimum atomic E-state index is -1.99. The maximum absolute atomic E-state index is 13.7. The van der Waals surface area contributed by atoms with Crippen LogP contribution in [0.3, 0.4) is 0 Å². The second kappa shape index (κ2) is 9.70. The monoisotopic (exact) mass is 416 g/mol. The van der Waals surface area contributed by atoms with Crippen LogP contribution < -0.4 is 0 Å². The van der Waals surface area contributed by atoms with Gasteiger partial charge in [-0.25, -0.2) is 8.78 Å². The Morgan fingerprint density at radius 3 is 2.54 bits per heavy atom. The highest BCUT2D eigenvalue weighted by Gasteiger charge is 2.50. The van der Waals surface area contributed by atoms with Gasteiger partial charge in [-0.05, 0) is 81.3 Å². The van der Waals surface area contributed by atoms with E-state index in [4.69, 9.17) is 4.43 Å². The first-order chi connectivity index (χ1) is 13.1. The summed E-state index contributed by atoms with van der Waals surface area (Å²) >= 11 is 0. The van der Waals surface area contributed by atoms with Gasteiger partial charge in [0.15, 0.2) is 8.32 Å².